The van der Waals surface area contributed by atoms with E-state index in [4.69, 9.17) is 23.5 Å². The highest BCUT2D eigenvalue weighted by molar-refractivity contribution is 7.80. The molecule has 1 aliphatic heterocycles. The first kappa shape index (κ1) is 53.9. The van der Waals surface area contributed by atoms with Crippen molar-refractivity contribution in [1.29, 1.82) is 0 Å². The van der Waals surface area contributed by atoms with E-state index in [0.29, 0.717) is 13.0 Å². The maximum atomic E-state index is 12.8. The third-order valence-corrected chi connectivity index (χ3v) is 11.1. The largest absolute Gasteiger partial charge is 0.457 e. The molecule has 57 heavy (non-hydrogen) atoms. The molecule has 12 nitrogen and oxygen atoms in total. The number of aliphatic hydroxyl groups excluding tert-OH is 3. The van der Waals surface area contributed by atoms with Crippen LogP contribution in [-0.4, -0.2) is 97.5 Å². The molecule has 1 aliphatic rings. The molecule has 0 saturated carbocycles. The number of unbranched alkanes of at least 4 members (excludes halogenated alkanes) is 25. The van der Waals surface area contributed by atoms with E-state index in [0.717, 1.165) is 64.2 Å². The summed E-state index contributed by atoms with van der Waals surface area (Å²) in [6.07, 6.45) is 29.8. The number of esters is 1. The van der Waals surface area contributed by atoms with Gasteiger partial charge >= 0.3 is 16.4 Å². The Kier molecular flexibility index (Phi) is 34.6. The minimum absolute atomic E-state index is 0.0379. The zero-order valence-corrected chi connectivity index (χ0v) is 36.7. The zero-order valence-electron chi connectivity index (χ0n) is 35.9. The molecule has 1 fully saturated rings. The summed E-state index contributed by atoms with van der Waals surface area (Å²) >= 11 is 0. The fourth-order valence-corrected chi connectivity index (χ4v) is 7.65. The fraction of sp³-hybridized carbons (Fsp3) is 0.932. The Bertz CT molecular complexity index is 1060. The second-order valence-electron chi connectivity index (χ2n) is 16.0. The quantitative estimate of drug-likeness (QED) is 0.0199. The SMILES string of the molecule is CCC/C=C\CCCCCCCC(=O)OC(COCCCCCCCCCCCCCCCCCCCCCC)COC1OC(CO)C(O)C(OS(=O)(=O)O)C1O. The lowest BCUT2D eigenvalue weighted by molar-refractivity contribution is -0.301. The number of hydrogen-bond donors (Lipinski definition) is 4. The van der Waals surface area contributed by atoms with Crippen molar-refractivity contribution in [3.8, 4) is 0 Å². The Morgan fingerprint density at radius 1 is 0.649 bits per heavy atom. The van der Waals surface area contributed by atoms with Crippen LogP contribution in [0, 0.1) is 0 Å². The number of carbonyl (C=O) groups is 1. The highest BCUT2D eigenvalue weighted by atomic mass is 32.3. The van der Waals surface area contributed by atoms with E-state index < -0.39 is 59.8 Å². The summed E-state index contributed by atoms with van der Waals surface area (Å²) in [6, 6.07) is 0. The molecule has 6 atom stereocenters. The summed E-state index contributed by atoms with van der Waals surface area (Å²) in [5.74, 6) is -0.408. The predicted octanol–water partition coefficient (Wildman–Crippen LogP) is 9.47. The van der Waals surface area contributed by atoms with Gasteiger partial charge in [0, 0.05) is 13.0 Å². The van der Waals surface area contributed by atoms with Crippen LogP contribution < -0.4 is 0 Å². The van der Waals surface area contributed by atoms with Gasteiger partial charge in [-0.15, -0.1) is 0 Å². The molecule has 0 aromatic rings. The normalized spacial score (nSPS) is 20.7. The van der Waals surface area contributed by atoms with Crippen LogP contribution in [0.4, 0.5) is 0 Å². The molecule has 0 amide bonds. The first-order valence-corrected chi connectivity index (χ1v) is 24.3. The number of hydrogen-bond acceptors (Lipinski definition) is 11. The van der Waals surface area contributed by atoms with Crippen molar-refractivity contribution < 1.29 is 56.2 Å². The van der Waals surface area contributed by atoms with Crippen LogP contribution in [0.5, 0.6) is 0 Å². The topological polar surface area (TPSA) is 178 Å². The number of aliphatic hydroxyl groups is 3. The van der Waals surface area contributed by atoms with Crippen LogP contribution in [0.15, 0.2) is 12.2 Å². The Hall–Kier alpha value is -1.16. The number of ether oxygens (including phenoxy) is 4. The maximum absolute atomic E-state index is 12.8. The van der Waals surface area contributed by atoms with Crippen LogP contribution in [-0.2, 0) is 38.3 Å². The molecule has 1 rings (SSSR count). The fourth-order valence-electron chi connectivity index (χ4n) is 7.15. The Balaban J connectivity index is 2.35. The first-order chi connectivity index (χ1) is 27.6. The summed E-state index contributed by atoms with van der Waals surface area (Å²) in [5.41, 5.74) is 0. The standard InChI is InChI=1S/C44H84O12S/c1-3-5-7-9-11-13-15-16-17-18-19-20-21-22-23-24-26-28-30-32-34-52-36-38(54-40(46)33-31-29-27-25-14-12-10-8-6-4-2)37-53-44-42(48)43(56-57(49,50)51)41(47)39(35-45)55-44/h8,10,38-39,41-45,47-48H,3-7,9,11-37H2,1-2H3,(H,49,50,51)/b10-8-. The van der Waals surface area contributed by atoms with Crippen molar-refractivity contribution in [3.05, 3.63) is 12.2 Å². The van der Waals surface area contributed by atoms with Crippen LogP contribution in [0.1, 0.15) is 200 Å². The van der Waals surface area contributed by atoms with Crippen molar-refractivity contribution in [2.75, 3.05) is 26.4 Å². The predicted molar refractivity (Wildman–Crippen MR) is 225 cm³/mol. The Labute approximate surface area is 347 Å². The average Bonchev–Trinajstić information content (AvgIpc) is 3.18. The van der Waals surface area contributed by atoms with Gasteiger partial charge in [0.1, 0.15) is 30.5 Å². The van der Waals surface area contributed by atoms with Crippen LogP contribution in [0.3, 0.4) is 0 Å². The molecule has 0 aromatic carbocycles. The van der Waals surface area contributed by atoms with E-state index in [1.165, 1.54) is 109 Å². The van der Waals surface area contributed by atoms with Crippen LogP contribution in [0.25, 0.3) is 0 Å². The third kappa shape index (κ3) is 30.5. The van der Waals surface area contributed by atoms with E-state index in [1.54, 1.807) is 0 Å². The van der Waals surface area contributed by atoms with Gasteiger partial charge < -0.3 is 34.3 Å². The summed E-state index contributed by atoms with van der Waals surface area (Å²) in [6.45, 7) is 3.94. The third-order valence-electron chi connectivity index (χ3n) is 10.6. The van der Waals surface area contributed by atoms with E-state index >= 15 is 0 Å². The molecular formula is C44H84O12S. The molecule has 0 spiro atoms. The number of allylic oxidation sites excluding steroid dienone is 2. The van der Waals surface area contributed by atoms with Gasteiger partial charge in [-0.2, -0.15) is 8.42 Å². The van der Waals surface area contributed by atoms with Gasteiger partial charge in [0.15, 0.2) is 6.29 Å². The molecule has 13 heteroatoms. The maximum Gasteiger partial charge on any atom is 0.397 e. The average molecular weight is 837 g/mol. The Morgan fingerprint density at radius 2 is 1.14 bits per heavy atom. The molecule has 0 aliphatic carbocycles. The second-order valence-corrected chi connectivity index (χ2v) is 17.0. The van der Waals surface area contributed by atoms with Crippen LogP contribution in [0.2, 0.25) is 0 Å². The summed E-state index contributed by atoms with van der Waals surface area (Å²) in [5, 5.41) is 30.6. The molecule has 1 heterocycles. The number of rotatable bonds is 40. The minimum atomic E-state index is -5.06. The highest BCUT2D eigenvalue weighted by Gasteiger charge is 2.48. The molecule has 6 unspecified atom stereocenters. The van der Waals surface area contributed by atoms with Crippen molar-refractivity contribution >= 4 is 16.4 Å². The van der Waals surface area contributed by atoms with E-state index in [9.17, 15) is 28.5 Å². The van der Waals surface area contributed by atoms with Crippen molar-refractivity contribution in [1.82, 2.24) is 0 Å². The molecule has 0 radical (unpaired) electrons. The second kappa shape index (κ2) is 36.7. The molecule has 0 bridgehead atoms. The van der Waals surface area contributed by atoms with Gasteiger partial charge in [-0.25, -0.2) is 4.18 Å². The summed E-state index contributed by atoms with van der Waals surface area (Å²) in [4.78, 5) is 12.8. The van der Waals surface area contributed by atoms with E-state index in [1.807, 2.05) is 0 Å². The van der Waals surface area contributed by atoms with Crippen molar-refractivity contribution in [3.63, 3.8) is 0 Å². The summed E-state index contributed by atoms with van der Waals surface area (Å²) < 4.78 is 59.0. The van der Waals surface area contributed by atoms with Gasteiger partial charge in [0.25, 0.3) is 0 Å². The lowest BCUT2D eigenvalue weighted by Crippen LogP contribution is -2.60. The smallest absolute Gasteiger partial charge is 0.397 e. The monoisotopic (exact) mass is 837 g/mol. The van der Waals surface area contributed by atoms with Gasteiger partial charge in [0.2, 0.25) is 0 Å². The van der Waals surface area contributed by atoms with E-state index in [-0.39, 0.29) is 19.6 Å². The van der Waals surface area contributed by atoms with E-state index in [2.05, 4.69) is 30.2 Å². The highest BCUT2D eigenvalue weighted by Crippen LogP contribution is 2.26. The minimum Gasteiger partial charge on any atom is -0.457 e. The molecular weight excluding hydrogens is 753 g/mol. The van der Waals surface area contributed by atoms with Gasteiger partial charge in [-0.1, -0.05) is 174 Å². The first-order valence-electron chi connectivity index (χ1n) is 22.9. The molecule has 338 valence electrons. The van der Waals surface area contributed by atoms with Gasteiger partial charge in [-0.05, 0) is 32.1 Å². The van der Waals surface area contributed by atoms with Crippen molar-refractivity contribution in [2.24, 2.45) is 0 Å². The zero-order chi connectivity index (χ0) is 41.8. The van der Waals surface area contributed by atoms with Crippen molar-refractivity contribution in [2.45, 2.75) is 237 Å². The Morgan fingerprint density at radius 3 is 1.65 bits per heavy atom. The van der Waals surface area contributed by atoms with Gasteiger partial charge in [-0.3, -0.25) is 9.35 Å². The van der Waals surface area contributed by atoms with Gasteiger partial charge in [0.05, 0.1) is 19.8 Å². The lowest BCUT2D eigenvalue weighted by atomic mass is 9.99. The molecule has 4 N–H and O–H groups in total. The molecule has 1 saturated heterocycles. The number of carbonyl (C=O) groups excluding carboxylic acids is 1. The lowest BCUT2D eigenvalue weighted by Gasteiger charge is -2.41. The van der Waals surface area contributed by atoms with Crippen LogP contribution >= 0.6 is 0 Å². The summed E-state index contributed by atoms with van der Waals surface area (Å²) in [7, 11) is -5.06. The molecule has 0 aromatic heterocycles.